The molecule has 2 atom stereocenters. The molecule has 21 heavy (non-hydrogen) atoms. The van der Waals surface area contributed by atoms with E-state index in [9.17, 15) is 0 Å². The number of hydrogen-bond acceptors (Lipinski definition) is 2. The van der Waals surface area contributed by atoms with Crippen LogP contribution < -0.4 is 11.3 Å². The Balaban J connectivity index is 1.82. The molecule has 0 aromatic heterocycles. The van der Waals surface area contributed by atoms with E-state index in [0.29, 0.717) is 5.92 Å². The van der Waals surface area contributed by atoms with Gasteiger partial charge in [-0.2, -0.15) is 0 Å². The molecule has 1 aliphatic carbocycles. The lowest BCUT2D eigenvalue weighted by atomic mass is 9.79. The maximum absolute atomic E-state index is 5.83. The summed E-state index contributed by atoms with van der Waals surface area (Å²) < 4.78 is 1.10. The molecule has 2 unspecified atom stereocenters. The zero-order chi connectivity index (χ0) is 14.7. The van der Waals surface area contributed by atoms with Crippen LogP contribution in [-0.2, 0) is 6.42 Å². The summed E-state index contributed by atoms with van der Waals surface area (Å²) in [6, 6.07) is 17.5. The summed E-state index contributed by atoms with van der Waals surface area (Å²) in [6.07, 6.45) is 4.79. The van der Waals surface area contributed by atoms with Crippen molar-refractivity contribution < 1.29 is 0 Å². The van der Waals surface area contributed by atoms with E-state index >= 15 is 0 Å². The van der Waals surface area contributed by atoms with Crippen LogP contribution in [0.4, 0.5) is 0 Å². The minimum Gasteiger partial charge on any atom is -0.271 e. The molecule has 0 saturated heterocycles. The summed E-state index contributed by atoms with van der Waals surface area (Å²) in [6.45, 7) is 0. The summed E-state index contributed by atoms with van der Waals surface area (Å²) in [5.74, 6) is 6.42. The number of hydrogen-bond donors (Lipinski definition) is 2. The van der Waals surface area contributed by atoms with Crippen LogP contribution in [0.25, 0.3) is 0 Å². The highest BCUT2D eigenvalue weighted by Crippen LogP contribution is 2.37. The number of benzene rings is 2. The van der Waals surface area contributed by atoms with Gasteiger partial charge in [0.05, 0.1) is 0 Å². The molecule has 2 nitrogen and oxygen atoms in total. The van der Waals surface area contributed by atoms with E-state index in [1.165, 1.54) is 36.0 Å². The highest BCUT2D eigenvalue weighted by atomic mass is 79.9. The number of halogens is 1. The van der Waals surface area contributed by atoms with Crippen LogP contribution in [-0.4, -0.2) is 0 Å². The van der Waals surface area contributed by atoms with Crippen molar-refractivity contribution in [2.45, 2.75) is 37.6 Å². The van der Waals surface area contributed by atoms with Crippen LogP contribution in [0.2, 0.25) is 0 Å². The molecular formula is C18H21BrN2. The van der Waals surface area contributed by atoms with E-state index in [1.54, 1.807) is 0 Å². The minimum absolute atomic E-state index is 0.193. The molecule has 110 valence electrons. The lowest BCUT2D eigenvalue weighted by Crippen LogP contribution is -2.30. The lowest BCUT2D eigenvalue weighted by Gasteiger charge is -2.29. The summed E-state index contributed by atoms with van der Waals surface area (Å²) in [5, 5.41) is 0. The molecule has 0 bridgehead atoms. The van der Waals surface area contributed by atoms with Crippen LogP contribution in [0, 0.1) is 0 Å². The van der Waals surface area contributed by atoms with Gasteiger partial charge in [0.1, 0.15) is 0 Å². The van der Waals surface area contributed by atoms with E-state index in [1.807, 2.05) is 6.07 Å². The van der Waals surface area contributed by atoms with Crippen molar-refractivity contribution in [2.75, 3.05) is 0 Å². The van der Waals surface area contributed by atoms with Crippen LogP contribution in [0.15, 0.2) is 53.0 Å². The molecule has 1 aliphatic rings. The van der Waals surface area contributed by atoms with Crippen molar-refractivity contribution in [3.05, 3.63) is 69.7 Å². The standard InChI is InChI=1S/C18H21BrN2/c19-16-9-4-8-15(11-16)18(21-20)12-14-7-3-6-13-5-1-2-10-17(13)14/h1-2,4-5,8-11,14,18,21H,3,6-7,12,20H2. The summed E-state index contributed by atoms with van der Waals surface area (Å²) >= 11 is 3.54. The van der Waals surface area contributed by atoms with Gasteiger partial charge in [0.15, 0.2) is 0 Å². The molecule has 0 heterocycles. The van der Waals surface area contributed by atoms with Gasteiger partial charge in [-0.05, 0) is 60.4 Å². The van der Waals surface area contributed by atoms with Gasteiger partial charge in [-0.25, -0.2) is 0 Å². The number of hydrazine groups is 1. The van der Waals surface area contributed by atoms with Gasteiger partial charge in [-0.15, -0.1) is 0 Å². The Morgan fingerprint density at radius 3 is 2.86 bits per heavy atom. The molecule has 0 amide bonds. The van der Waals surface area contributed by atoms with Crippen molar-refractivity contribution in [1.29, 1.82) is 0 Å². The molecule has 3 N–H and O–H groups in total. The number of nitrogens with one attached hydrogen (secondary N) is 1. The Bertz CT molecular complexity index is 612. The van der Waals surface area contributed by atoms with E-state index < -0.39 is 0 Å². The Morgan fingerprint density at radius 1 is 1.19 bits per heavy atom. The fourth-order valence-electron chi connectivity index (χ4n) is 3.41. The molecule has 0 saturated carbocycles. The van der Waals surface area contributed by atoms with E-state index in [4.69, 9.17) is 5.84 Å². The first-order valence-corrected chi connectivity index (χ1v) is 8.36. The normalized spacial score (nSPS) is 19.0. The lowest BCUT2D eigenvalue weighted by molar-refractivity contribution is 0.425. The Kier molecular flexibility index (Phi) is 4.73. The first-order chi connectivity index (χ1) is 10.3. The first-order valence-electron chi connectivity index (χ1n) is 7.57. The van der Waals surface area contributed by atoms with Crippen molar-refractivity contribution in [2.24, 2.45) is 5.84 Å². The van der Waals surface area contributed by atoms with Gasteiger partial charge < -0.3 is 0 Å². The quantitative estimate of drug-likeness (QED) is 0.634. The van der Waals surface area contributed by atoms with Crippen molar-refractivity contribution in [3.8, 4) is 0 Å². The third kappa shape index (κ3) is 3.37. The Hall–Kier alpha value is -1.16. The summed E-state index contributed by atoms with van der Waals surface area (Å²) in [5.41, 5.74) is 7.27. The molecule has 0 radical (unpaired) electrons. The second kappa shape index (κ2) is 6.73. The van der Waals surface area contributed by atoms with Crippen LogP contribution in [0.1, 0.15) is 47.9 Å². The van der Waals surface area contributed by atoms with Gasteiger partial charge in [-0.1, -0.05) is 52.3 Å². The van der Waals surface area contributed by atoms with Gasteiger partial charge >= 0.3 is 0 Å². The number of rotatable bonds is 4. The SMILES string of the molecule is NNC(CC1CCCc2ccccc21)c1cccc(Br)c1. The van der Waals surface area contributed by atoms with Crippen molar-refractivity contribution in [1.82, 2.24) is 5.43 Å². The predicted octanol–water partition coefficient (Wildman–Crippen LogP) is 4.46. The van der Waals surface area contributed by atoms with E-state index in [2.05, 4.69) is 63.8 Å². The molecular weight excluding hydrogens is 324 g/mol. The van der Waals surface area contributed by atoms with Crippen molar-refractivity contribution in [3.63, 3.8) is 0 Å². The summed E-state index contributed by atoms with van der Waals surface area (Å²) in [7, 11) is 0. The topological polar surface area (TPSA) is 38.0 Å². The number of nitrogens with two attached hydrogens (primary N) is 1. The zero-order valence-corrected chi connectivity index (χ0v) is 13.6. The fraction of sp³-hybridized carbons (Fsp3) is 0.333. The van der Waals surface area contributed by atoms with Crippen LogP contribution in [0.5, 0.6) is 0 Å². The predicted molar refractivity (Wildman–Crippen MR) is 90.9 cm³/mol. The van der Waals surface area contributed by atoms with Crippen LogP contribution >= 0.6 is 15.9 Å². The Morgan fingerprint density at radius 2 is 2.05 bits per heavy atom. The average Bonchev–Trinajstić information content (AvgIpc) is 2.52. The molecule has 2 aromatic rings. The third-order valence-corrected chi connectivity index (χ3v) is 4.96. The largest absolute Gasteiger partial charge is 0.271 e. The zero-order valence-electron chi connectivity index (χ0n) is 12.1. The maximum Gasteiger partial charge on any atom is 0.0466 e. The molecule has 3 rings (SSSR count). The molecule has 3 heteroatoms. The first kappa shape index (κ1) is 14.8. The number of fused-ring (bicyclic) bond motifs is 1. The molecule has 0 spiro atoms. The fourth-order valence-corrected chi connectivity index (χ4v) is 3.82. The van der Waals surface area contributed by atoms with E-state index in [-0.39, 0.29) is 6.04 Å². The van der Waals surface area contributed by atoms with Gasteiger partial charge in [0.25, 0.3) is 0 Å². The minimum atomic E-state index is 0.193. The van der Waals surface area contributed by atoms with Gasteiger partial charge in [-0.3, -0.25) is 11.3 Å². The third-order valence-electron chi connectivity index (χ3n) is 4.47. The van der Waals surface area contributed by atoms with Crippen LogP contribution in [0.3, 0.4) is 0 Å². The second-order valence-corrected chi connectivity index (χ2v) is 6.71. The maximum atomic E-state index is 5.83. The molecule has 2 aromatic carbocycles. The smallest absolute Gasteiger partial charge is 0.0466 e. The average molecular weight is 345 g/mol. The van der Waals surface area contributed by atoms with Crippen molar-refractivity contribution >= 4 is 15.9 Å². The summed E-state index contributed by atoms with van der Waals surface area (Å²) in [4.78, 5) is 0. The monoisotopic (exact) mass is 344 g/mol. The highest BCUT2D eigenvalue weighted by Gasteiger charge is 2.23. The molecule has 0 fully saturated rings. The van der Waals surface area contributed by atoms with Gasteiger partial charge in [0.2, 0.25) is 0 Å². The van der Waals surface area contributed by atoms with E-state index in [0.717, 1.165) is 10.9 Å². The number of aryl methyl sites for hydroxylation is 1. The van der Waals surface area contributed by atoms with Gasteiger partial charge in [0, 0.05) is 10.5 Å². The Labute approximate surface area is 134 Å². The highest BCUT2D eigenvalue weighted by molar-refractivity contribution is 9.10. The second-order valence-electron chi connectivity index (χ2n) is 5.80. The molecule has 0 aliphatic heterocycles.